The van der Waals surface area contributed by atoms with E-state index >= 15 is 0 Å². The van der Waals surface area contributed by atoms with E-state index in [0.29, 0.717) is 19.6 Å². The van der Waals surface area contributed by atoms with Crippen LogP contribution in [0.15, 0.2) is 0 Å². The minimum atomic E-state index is -0.396. The van der Waals surface area contributed by atoms with Crippen molar-refractivity contribution in [2.45, 2.75) is 6.04 Å². The summed E-state index contributed by atoms with van der Waals surface area (Å²) in [5.41, 5.74) is 5.24. The van der Waals surface area contributed by atoms with Crippen molar-refractivity contribution in [2.75, 3.05) is 40.4 Å². The van der Waals surface area contributed by atoms with Crippen LogP contribution >= 0.6 is 0 Å². The molecule has 0 aromatic heterocycles. The maximum absolute atomic E-state index is 11.5. The molecular formula is C9H17N3O3. The number of carbonyl (C=O) groups excluding carboxylic acids is 2. The number of nitrogens with zero attached hydrogens (tertiary/aromatic N) is 2. The van der Waals surface area contributed by atoms with Gasteiger partial charge in [-0.2, -0.15) is 0 Å². The zero-order chi connectivity index (χ0) is 11.4. The van der Waals surface area contributed by atoms with E-state index in [2.05, 4.69) is 0 Å². The number of rotatable bonds is 3. The molecule has 0 spiro atoms. The molecule has 0 aromatic rings. The molecule has 6 heteroatoms. The third kappa shape index (κ3) is 2.90. The van der Waals surface area contributed by atoms with E-state index in [9.17, 15) is 9.59 Å². The molecule has 6 nitrogen and oxygen atoms in total. The lowest BCUT2D eigenvalue weighted by atomic mass is 10.1. The van der Waals surface area contributed by atoms with Crippen LogP contribution in [0.2, 0.25) is 0 Å². The van der Waals surface area contributed by atoms with Gasteiger partial charge >= 0.3 is 0 Å². The molecule has 0 unspecified atom stereocenters. The van der Waals surface area contributed by atoms with E-state index in [1.165, 1.54) is 7.11 Å². The first-order chi connectivity index (χ1) is 7.06. The number of nitrogens with two attached hydrogens (primary N) is 1. The maximum Gasteiger partial charge on any atom is 0.248 e. The molecule has 0 aliphatic carbocycles. The van der Waals surface area contributed by atoms with Crippen molar-refractivity contribution >= 4 is 11.8 Å². The maximum atomic E-state index is 11.5. The van der Waals surface area contributed by atoms with Crippen molar-refractivity contribution in [3.8, 4) is 0 Å². The van der Waals surface area contributed by atoms with Crippen LogP contribution in [0.3, 0.4) is 0 Å². The monoisotopic (exact) mass is 215 g/mol. The minimum Gasteiger partial charge on any atom is -0.375 e. The van der Waals surface area contributed by atoms with Crippen molar-refractivity contribution in [3.05, 3.63) is 0 Å². The molecule has 0 bridgehead atoms. The van der Waals surface area contributed by atoms with E-state index in [-0.39, 0.29) is 18.6 Å². The first-order valence-electron chi connectivity index (χ1n) is 4.82. The van der Waals surface area contributed by atoms with Crippen LogP contribution in [0.1, 0.15) is 0 Å². The molecule has 1 fully saturated rings. The first kappa shape index (κ1) is 11.9. The van der Waals surface area contributed by atoms with Gasteiger partial charge in [0.15, 0.2) is 0 Å². The van der Waals surface area contributed by atoms with Crippen LogP contribution in [0.25, 0.3) is 0 Å². The second-order valence-electron chi connectivity index (χ2n) is 3.67. The van der Waals surface area contributed by atoms with Crippen molar-refractivity contribution in [1.82, 2.24) is 9.80 Å². The number of hydrogen-bond donors (Lipinski definition) is 1. The largest absolute Gasteiger partial charge is 0.375 e. The summed E-state index contributed by atoms with van der Waals surface area (Å²) >= 11 is 0. The summed E-state index contributed by atoms with van der Waals surface area (Å²) in [6.45, 7) is 1.68. The van der Waals surface area contributed by atoms with Crippen LogP contribution in [0.5, 0.6) is 0 Å². The smallest absolute Gasteiger partial charge is 0.248 e. The summed E-state index contributed by atoms with van der Waals surface area (Å²) in [7, 11) is 3.30. The molecule has 2 N–H and O–H groups in total. The number of primary amides is 1. The summed E-state index contributed by atoms with van der Waals surface area (Å²) in [5.74, 6) is -0.496. The summed E-state index contributed by atoms with van der Waals surface area (Å²) in [5, 5.41) is 0. The van der Waals surface area contributed by atoms with Crippen LogP contribution in [0, 0.1) is 0 Å². The second kappa shape index (κ2) is 5.09. The van der Waals surface area contributed by atoms with Gasteiger partial charge in [0.2, 0.25) is 11.8 Å². The zero-order valence-corrected chi connectivity index (χ0v) is 9.10. The number of likely N-dealkylation sites (N-methyl/N-ethyl adjacent to an activating group) is 1. The standard InChI is InChI=1S/C9H17N3O3/c1-11-3-4-12(8(13)6-15-2)5-7(11)9(10)14/h7H,3-6H2,1-2H3,(H2,10,14)/t7-/m0/s1. The van der Waals surface area contributed by atoms with Gasteiger partial charge < -0.3 is 15.4 Å². The minimum absolute atomic E-state index is 0.0508. The van der Waals surface area contributed by atoms with Gasteiger partial charge in [-0.3, -0.25) is 14.5 Å². The molecule has 1 saturated heterocycles. The van der Waals surface area contributed by atoms with Gasteiger partial charge in [0.1, 0.15) is 12.6 Å². The van der Waals surface area contributed by atoms with Gasteiger partial charge in [-0.15, -0.1) is 0 Å². The molecule has 15 heavy (non-hydrogen) atoms. The number of ether oxygens (including phenoxy) is 1. The normalized spacial score (nSPS) is 22.8. The molecule has 0 saturated carbocycles. The van der Waals surface area contributed by atoms with Gasteiger partial charge in [0, 0.05) is 26.7 Å². The summed E-state index contributed by atoms with van der Waals surface area (Å²) in [6.07, 6.45) is 0. The highest BCUT2D eigenvalue weighted by atomic mass is 16.5. The fraction of sp³-hybridized carbons (Fsp3) is 0.778. The lowest BCUT2D eigenvalue weighted by Gasteiger charge is -2.37. The highest BCUT2D eigenvalue weighted by Gasteiger charge is 2.30. The topological polar surface area (TPSA) is 75.9 Å². The first-order valence-corrected chi connectivity index (χ1v) is 4.82. The Labute approximate surface area is 88.9 Å². The molecule has 1 atom stereocenters. The Morgan fingerprint density at radius 2 is 2.13 bits per heavy atom. The summed E-state index contributed by atoms with van der Waals surface area (Å²) in [4.78, 5) is 26.1. The molecule has 0 radical (unpaired) electrons. The third-order valence-corrected chi connectivity index (χ3v) is 2.60. The fourth-order valence-electron chi connectivity index (χ4n) is 1.62. The van der Waals surface area contributed by atoms with Crippen molar-refractivity contribution in [3.63, 3.8) is 0 Å². The van der Waals surface area contributed by atoms with E-state index < -0.39 is 5.91 Å². The van der Waals surface area contributed by atoms with Crippen LogP contribution in [0.4, 0.5) is 0 Å². The summed E-state index contributed by atoms with van der Waals surface area (Å²) < 4.78 is 4.76. The third-order valence-electron chi connectivity index (χ3n) is 2.60. The highest BCUT2D eigenvalue weighted by molar-refractivity contribution is 5.82. The van der Waals surface area contributed by atoms with E-state index in [1.54, 1.807) is 4.90 Å². The Bertz CT molecular complexity index is 257. The predicted octanol–water partition coefficient (Wildman–Crippen LogP) is -1.74. The van der Waals surface area contributed by atoms with Gasteiger partial charge in [0.25, 0.3) is 0 Å². The zero-order valence-electron chi connectivity index (χ0n) is 9.10. The van der Waals surface area contributed by atoms with Gasteiger partial charge in [-0.05, 0) is 7.05 Å². The summed E-state index contributed by atoms with van der Waals surface area (Å²) in [6, 6.07) is -0.389. The average Bonchev–Trinajstić information content (AvgIpc) is 2.18. The van der Waals surface area contributed by atoms with E-state index in [0.717, 1.165) is 0 Å². The molecular weight excluding hydrogens is 198 g/mol. The molecule has 2 amide bonds. The quantitative estimate of drug-likeness (QED) is 0.606. The van der Waals surface area contributed by atoms with Crippen LogP contribution in [-0.2, 0) is 14.3 Å². The molecule has 1 aliphatic rings. The highest BCUT2D eigenvalue weighted by Crippen LogP contribution is 2.07. The van der Waals surface area contributed by atoms with Crippen molar-refractivity contribution < 1.29 is 14.3 Å². The predicted molar refractivity (Wildman–Crippen MR) is 54.1 cm³/mol. The van der Waals surface area contributed by atoms with Gasteiger partial charge in [-0.25, -0.2) is 0 Å². The average molecular weight is 215 g/mol. The lowest BCUT2D eigenvalue weighted by Crippen LogP contribution is -2.58. The molecule has 0 aromatic carbocycles. The van der Waals surface area contributed by atoms with Gasteiger partial charge in [0.05, 0.1) is 0 Å². The van der Waals surface area contributed by atoms with Crippen LogP contribution in [-0.4, -0.2) is 68.1 Å². The number of hydrogen-bond acceptors (Lipinski definition) is 4. The Morgan fingerprint density at radius 1 is 1.47 bits per heavy atom. The number of amides is 2. The van der Waals surface area contributed by atoms with Crippen LogP contribution < -0.4 is 5.73 Å². The van der Waals surface area contributed by atoms with Crippen molar-refractivity contribution in [2.24, 2.45) is 5.73 Å². The Morgan fingerprint density at radius 3 is 2.67 bits per heavy atom. The Kier molecular flexibility index (Phi) is 4.05. The number of methoxy groups -OCH3 is 1. The van der Waals surface area contributed by atoms with E-state index in [1.807, 2.05) is 11.9 Å². The Hall–Kier alpha value is -1.14. The molecule has 1 aliphatic heterocycles. The Balaban J connectivity index is 2.57. The van der Waals surface area contributed by atoms with Gasteiger partial charge in [-0.1, -0.05) is 0 Å². The molecule has 1 heterocycles. The SMILES string of the molecule is COCC(=O)N1CCN(C)[C@H](C(N)=O)C1. The van der Waals surface area contributed by atoms with E-state index in [4.69, 9.17) is 10.5 Å². The lowest BCUT2D eigenvalue weighted by molar-refractivity contribution is -0.139. The van der Waals surface area contributed by atoms with Crippen molar-refractivity contribution in [1.29, 1.82) is 0 Å². The molecule has 86 valence electrons. The fourth-order valence-corrected chi connectivity index (χ4v) is 1.62. The second-order valence-corrected chi connectivity index (χ2v) is 3.67. The number of piperazine rings is 1. The molecule has 1 rings (SSSR count). The number of carbonyl (C=O) groups is 2.